The third kappa shape index (κ3) is 3.06. The molecule has 0 saturated carbocycles. The maximum atomic E-state index is 5.61. The zero-order valence-electron chi connectivity index (χ0n) is 10.2. The average Bonchev–Trinajstić information content (AvgIpc) is 2.68. The van der Waals surface area contributed by atoms with Crippen LogP contribution in [0.5, 0.6) is 0 Å². The van der Waals surface area contributed by atoms with Crippen LogP contribution in [0.4, 0.5) is 0 Å². The first-order valence-electron chi connectivity index (χ1n) is 5.83. The molecule has 0 atom stereocenters. The molecule has 1 aliphatic rings. The van der Waals surface area contributed by atoms with E-state index in [1.54, 1.807) is 14.2 Å². The predicted octanol–water partition coefficient (Wildman–Crippen LogP) is 2.63. The largest absolute Gasteiger partial charge is 0.458 e. The van der Waals surface area contributed by atoms with Crippen LogP contribution in [0.15, 0.2) is 12.3 Å². The maximum Gasteiger partial charge on any atom is 0.458 e. The molecule has 0 bridgehead atoms. The highest BCUT2D eigenvalue weighted by Gasteiger charge is 2.46. The van der Waals surface area contributed by atoms with Gasteiger partial charge >= 0.3 is 8.72 Å². The number of unbranched alkanes of at least 4 members (excludes halogenated alkanes) is 2. The van der Waals surface area contributed by atoms with Gasteiger partial charge in [-0.25, -0.2) is 0 Å². The van der Waals surface area contributed by atoms with E-state index >= 15 is 0 Å². The Labute approximate surface area is 94.4 Å². The van der Waals surface area contributed by atoms with Gasteiger partial charge in [0.25, 0.3) is 0 Å². The van der Waals surface area contributed by atoms with Crippen molar-refractivity contribution in [3.63, 3.8) is 0 Å². The summed E-state index contributed by atoms with van der Waals surface area (Å²) < 4.78 is 13.5. The fraction of sp³-hybridized carbons (Fsp3) is 0.818. The molecule has 88 valence electrons. The van der Waals surface area contributed by atoms with E-state index in [0.29, 0.717) is 0 Å². The van der Waals surface area contributed by atoms with E-state index in [0.717, 1.165) is 19.0 Å². The van der Waals surface area contributed by atoms with Gasteiger partial charge in [-0.05, 0) is 19.0 Å². The van der Waals surface area contributed by atoms with Gasteiger partial charge in [0.2, 0.25) is 0 Å². The van der Waals surface area contributed by atoms with E-state index in [4.69, 9.17) is 8.85 Å². The Kier molecular flexibility index (Phi) is 5.35. The molecule has 4 heteroatoms. The highest BCUT2D eigenvalue weighted by atomic mass is 28.4. The van der Waals surface area contributed by atoms with Gasteiger partial charge in [-0.3, -0.25) is 0 Å². The highest BCUT2D eigenvalue weighted by molar-refractivity contribution is 6.65. The molecule has 1 saturated heterocycles. The van der Waals surface area contributed by atoms with Gasteiger partial charge in [-0.15, -0.1) is 0 Å². The average molecular weight is 229 g/mol. The smallest absolute Gasteiger partial charge is 0.382 e. The van der Waals surface area contributed by atoms with Gasteiger partial charge in [0.1, 0.15) is 0 Å². The molecule has 0 aromatic rings. The van der Waals surface area contributed by atoms with Crippen LogP contribution in [0.3, 0.4) is 0 Å². The van der Waals surface area contributed by atoms with Crippen LogP contribution in [0.1, 0.15) is 32.6 Å². The first-order chi connectivity index (χ1) is 7.29. The molecule has 0 aliphatic carbocycles. The highest BCUT2D eigenvalue weighted by Crippen LogP contribution is 2.27. The van der Waals surface area contributed by atoms with E-state index in [1.807, 2.05) is 0 Å². The molecule has 15 heavy (non-hydrogen) atoms. The minimum Gasteiger partial charge on any atom is -0.382 e. The predicted molar refractivity (Wildman–Crippen MR) is 64.6 cm³/mol. The van der Waals surface area contributed by atoms with Gasteiger partial charge in [-0.1, -0.05) is 25.8 Å². The summed E-state index contributed by atoms with van der Waals surface area (Å²) in [5.41, 5.74) is 0. The van der Waals surface area contributed by atoms with Crippen LogP contribution in [0, 0.1) is 0 Å². The molecule has 0 aromatic heterocycles. The Balaban J connectivity index is 2.48. The molecule has 0 N–H and O–H groups in total. The van der Waals surface area contributed by atoms with Crippen molar-refractivity contribution in [2.24, 2.45) is 0 Å². The standard InChI is InChI=1S/C11H23NO2Si/c1-4-5-6-7-9-12-10-8-11-15(12,13-2)14-3/h7,9H,4-6,8,10-11H2,1-3H3. The van der Waals surface area contributed by atoms with E-state index in [1.165, 1.54) is 19.3 Å². The quantitative estimate of drug-likeness (QED) is 0.516. The van der Waals surface area contributed by atoms with Crippen LogP contribution < -0.4 is 0 Å². The van der Waals surface area contributed by atoms with Crippen LogP contribution in [-0.4, -0.2) is 34.1 Å². The second kappa shape index (κ2) is 6.30. The first kappa shape index (κ1) is 12.7. The van der Waals surface area contributed by atoms with Gasteiger partial charge < -0.3 is 13.4 Å². The Hall–Kier alpha value is -0.323. The summed E-state index contributed by atoms with van der Waals surface area (Å²) in [7, 11) is 1.52. The molecule has 0 unspecified atom stereocenters. The van der Waals surface area contributed by atoms with Crippen molar-refractivity contribution >= 4 is 8.72 Å². The van der Waals surface area contributed by atoms with Crippen LogP contribution in [-0.2, 0) is 8.85 Å². The number of nitrogens with zero attached hydrogens (tertiary/aromatic N) is 1. The Morgan fingerprint density at radius 3 is 2.67 bits per heavy atom. The first-order valence-corrected chi connectivity index (χ1v) is 7.80. The lowest BCUT2D eigenvalue weighted by Crippen LogP contribution is -2.50. The molecule has 0 aromatic carbocycles. The molecule has 1 rings (SSSR count). The maximum absolute atomic E-state index is 5.61. The fourth-order valence-corrected chi connectivity index (χ4v) is 4.79. The van der Waals surface area contributed by atoms with Crippen LogP contribution >= 0.6 is 0 Å². The van der Waals surface area contributed by atoms with Gasteiger partial charge in [-0.2, -0.15) is 0 Å². The summed E-state index contributed by atoms with van der Waals surface area (Å²) in [5, 5.41) is 0. The van der Waals surface area contributed by atoms with Crippen molar-refractivity contribution in [2.75, 3.05) is 20.8 Å². The minimum atomic E-state index is -2.02. The molecular formula is C11H23NO2Si. The summed E-state index contributed by atoms with van der Waals surface area (Å²) >= 11 is 0. The summed E-state index contributed by atoms with van der Waals surface area (Å²) in [6.07, 6.45) is 9.29. The van der Waals surface area contributed by atoms with Crippen molar-refractivity contribution in [1.82, 2.24) is 4.57 Å². The molecule has 1 fully saturated rings. The zero-order chi connectivity index (χ0) is 11.1. The van der Waals surface area contributed by atoms with Crippen LogP contribution in [0.2, 0.25) is 6.04 Å². The van der Waals surface area contributed by atoms with Crippen molar-refractivity contribution in [3.05, 3.63) is 12.3 Å². The lowest BCUT2D eigenvalue weighted by molar-refractivity contribution is 0.203. The summed E-state index contributed by atoms with van der Waals surface area (Å²) in [6, 6.07) is 1.08. The second-order valence-electron chi connectivity index (χ2n) is 3.94. The fourth-order valence-electron chi connectivity index (χ4n) is 2.02. The number of hydrogen-bond donors (Lipinski definition) is 0. The summed E-state index contributed by atoms with van der Waals surface area (Å²) in [4.78, 5) is 0. The van der Waals surface area contributed by atoms with Gasteiger partial charge in [0, 0.05) is 26.8 Å². The van der Waals surface area contributed by atoms with E-state index in [9.17, 15) is 0 Å². The Bertz CT molecular complexity index is 205. The van der Waals surface area contributed by atoms with E-state index in [2.05, 4.69) is 23.8 Å². The molecular weight excluding hydrogens is 206 g/mol. The molecule has 0 spiro atoms. The monoisotopic (exact) mass is 229 g/mol. The van der Waals surface area contributed by atoms with Crippen molar-refractivity contribution < 1.29 is 8.85 Å². The van der Waals surface area contributed by atoms with E-state index in [-0.39, 0.29) is 0 Å². The topological polar surface area (TPSA) is 21.7 Å². The van der Waals surface area contributed by atoms with Gasteiger partial charge in [0.05, 0.1) is 0 Å². The number of hydrogen-bond acceptors (Lipinski definition) is 3. The van der Waals surface area contributed by atoms with Crippen LogP contribution in [0.25, 0.3) is 0 Å². The number of allylic oxidation sites excluding steroid dienone is 1. The zero-order valence-corrected chi connectivity index (χ0v) is 11.2. The Morgan fingerprint density at radius 2 is 2.07 bits per heavy atom. The summed E-state index contributed by atoms with van der Waals surface area (Å²) in [6.45, 7) is 3.30. The third-order valence-corrected chi connectivity index (χ3v) is 6.49. The molecule has 3 nitrogen and oxygen atoms in total. The molecule has 0 amide bonds. The molecule has 0 radical (unpaired) electrons. The third-order valence-electron chi connectivity index (χ3n) is 2.98. The SMILES string of the molecule is CCCCC=CN1CCC[Si]1(OC)OC. The second-order valence-corrected chi connectivity index (χ2v) is 7.26. The lowest BCUT2D eigenvalue weighted by atomic mass is 10.2. The normalized spacial score (nSPS) is 20.3. The van der Waals surface area contributed by atoms with Crippen molar-refractivity contribution in [1.29, 1.82) is 0 Å². The van der Waals surface area contributed by atoms with Gasteiger partial charge in [0.15, 0.2) is 0 Å². The minimum absolute atomic E-state index is 1.08. The van der Waals surface area contributed by atoms with E-state index < -0.39 is 8.72 Å². The molecule has 1 aliphatic heterocycles. The molecule has 1 heterocycles. The number of rotatable bonds is 6. The van der Waals surface area contributed by atoms with Crippen molar-refractivity contribution in [3.8, 4) is 0 Å². The Morgan fingerprint density at radius 1 is 1.33 bits per heavy atom. The lowest BCUT2D eigenvalue weighted by Gasteiger charge is -2.30. The van der Waals surface area contributed by atoms with Crippen molar-refractivity contribution in [2.45, 2.75) is 38.7 Å². The summed E-state index contributed by atoms with van der Waals surface area (Å²) in [5.74, 6) is 0.